The lowest BCUT2D eigenvalue weighted by Gasteiger charge is -2.13. The molecule has 0 fully saturated rings. The van der Waals surface area contributed by atoms with E-state index in [9.17, 15) is 4.79 Å². The van der Waals surface area contributed by atoms with Crippen LogP contribution in [0.25, 0.3) is 22.3 Å². The molecule has 3 heterocycles. The van der Waals surface area contributed by atoms with Crippen molar-refractivity contribution in [2.75, 3.05) is 12.4 Å². The van der Waals surface area contributed by atoms with E-state index in [0.29, 0.717) is 18.2 Å². The molecular weight excluding hydrogens is 428 g/mol. The van der Waals surface area contributed by atoms with Gasteiger partial charge in [0.05, 0.1) is 36.1 Å². The molecule has 0 atom stereocenters. The van der Waals surface area contributed by atoms with Gasteiger partial charge in [-0.15, -0.1) is 11.8 Å². The quantitative estimate of drug-likeness (QED) is 0.234. The maximum absolute atomic E-state index is 12.0. The third-order valence-corrected chi connectivity index (χ3v) is 5.53. The normalized spacial score (nSPS) is 11.5. The van der Waals surface area contributed by atoms with Crippen molar-refractivity contribution in [3.05, 3.63) is 30.1 Å². The number of carbonyl (C=O) groups excluding carboxylic acids is 1. The number of hydrogen-bond donors (Lipinski definition) is 0. The second kappa shape index (κ2) is 10.8. The Balaban J connectivity index is 1.98. The first-order chi connectivity index (χ1) is 15.3. The van der Waals surface area contributed by atoms with Crippen molar-refractivity contribution in [3.63, 3.8) is 0 Å². The molecule has 3 aromatic rings. The van der Waals surface area contributed by atoms with Crippen molar-refractivity contribution in [2.24, 2.45) is 0 Å². The highest BCUT2D eigenvalue weighted by atomic mass is 32.2. The van der Waals surface area contributed by atoms with Gasteiger partial charge < -0.3 is 4.74 Å². The molecule has 0 aliphatic rings. The molecule has 0 spiro atoms. The van der Waals surface area contributed by atoms with E-state index in [4.69, 9.17) is 24.6 Å². The van der Waals surface area contributed by atoms with Crippen LogP contribution in [0.15, 0.2) is 29.3 Å². The zero-order chi connectivity index (χ0) is 23.3. The van der Waals surface area contributed by atoms with Crippen LogP contribution in [0.5, 0.6) is 5.88 Å². The number of carbonyl (C=O) groups is 1. The van der Waals surface area contributed by atoms with Crippen LogP contribution in [-0.4, -0.2) is 44.2 Å². The van der Waals surface area contributed by atoms with Gasteiger partial charge in [0.1, 0.15) is 11.0 Å². The Labute approximate surface area is 192 Å². The molecule has 0 unspecified atom stereocenters. The van der Waals surface area contributed by atoms with Crippen molar-refractivity contribution in [2.45, 2.75) is 65.0 Å². The lowest BCUT2D eigenvalue weighted by molar-refractivity contribution is -0.291. The monoisotopic (exact) mass is 458 g/mol. The summed E-state index contributed by atoms with van der Waals surface area (Å²) in [6.45, 7) is 12.2. The minimum absolute atomic E-state index is 0.167. The smallest absolute Gasteiger partial charge is 0.343 e. The van der Waals surface area contributed by atoms with Gasteiger partial charge in [0.15, 0.2) is 0 Å². The number of hydrogen-bond acceptors (Lipinski definition) is 8. The third kappa shape index (κ3) is 5.58. The zero-order valence-electron chi connectivity index (χ0n) is 19.4. The van der Waals surface area contributed by atoms with Crippen LogP contribution in [0.1, 0.15) is 52.8 Å². The molecule has 0 aliphatic heterocycles. The van der Waals surface area contributed by atoms with Crippen molar-refractivity contribution >= 4 is 28.8 Å². The highest BCUT2D eigenvalue weighted by molar-refractivity contribution is 7.99. The number of thioether (sulfide) groups is 1. The first-order valence-electron chi connectivity index (χ1n) is 10.8. The Morgan fingerprint density at radius 2 is 2.03 bits per heavy atom. The molecule has 0 radical (unpaired) electrons. The molecular formula is C23H30N4O4S. The highest BCUT2D eigenvalue weighted by Gasteiger charge is 2.20. The molecule has 32 heavy (non-hydrogen) atoms. The molecule has 3 rings (SSSR count). The van der Waals surface area contributed by atoms with Crippen LogP contribution >= 0.6 is 11.8 Å². The lowest BCUT2D eigenvalue weighted by Crippen LogP contribution is -2.11. The van der Waals surface area contributed by atoms with Crippen molar-refractivity contribution in [1.29, 1.82) is 0 Å². The number of fused-ring (bicyclic) bond motifs is 1. The molecule has 0 saturated carbocycles. The van der Waals surface area contributed by atoms with Gasteiger partial charge in [-0.3, -0.25) is 9.57 Å². The summed E-state index contributed by atoms with van der Waals surface area (Å²) in [6, 6.07) is 6.00. The summed E-state index contributed by atoms with van der Waals surface area (Å²) >= 11 is 1.57. The van der Waals surface area contributed by atoms with Crippen LogP contribution in [0.3, 0.4) is 0 Å². The van der Waals surface area contributed by atoms with Gasteiger partial charge in [-0.2, -0.15) is 9.99 Å². The van der Waals surface area contributed by atoms with Crippen LogP contribution < -0.4 is 4.74 Å². The molecule has 0 aromatic carbocycles. The Bertz CT molecular complexity index is 1080. The lowest BCUT2D eigenvalue weighted by atomic mass is 10.1. The molecule has 0 aliphatic carbocycles. The van der Waals surface area contributed by atoms with Gasteiger partial charge in [0, 0.05) is 22.9 Å². The Kier molecular flexibility index (Phi) is 8.09. The van der Waals surface area contributed by atoms with Crippen LogP contribution in [0.2, 0.25) is 0 Å². The molecule has 0 saturated heterocycles. The second-order valence-corrected chi connectivity index (χ2v) is 8.95. The predicted octanol–water partition coefficient (Wildman–Crippen LogP) is 5.15. The minimum atomic E-state index is -0.392. The Hall–Kier alpha value is -2.65. The van der Waals surface area contributed by atoms with E-state index in [1.807, 2.05) is 50.6 Å². The SMILES string of the molecule is CCOc1ncccc1-c1cc(SCCC(=O)OOC(C)C)c2c(n1)c(C)nn2C(C)C. The van der Waals surface area contributed by atoms with Gasteiger partial charge >= 0.3 is 5.97 Å². The number of aryl methyl sites for hydroxylation is 1. The predicted molar refractivity (Wildman–Crippen MR) is 125 cm³/mol. The van der Waals surface area contributed by atoms with E-state index in [1.165, 1.54) is 0 Å². The number of rotatable bonds is 10. The van der Waals surface area contributed by atoms with Gasteiger partial charge in [0.25, 0.3) is 0 Å². The van der Waals surface area contributed by atoms with E-state index in [-0.39, 0.29) is 18.6 Å². The highest BCUT2D eigenvalue weighted by Crippen LogP contribution is 2.36. The van der Waals surface area contributed by atoms with E-state index >= 15 is 0 Å². The average Bonchev–Trinajstić information content (AvgIpc) is 3.10. The number of nitrogens with zero attached hydrogens (tertiary/aromatic N) is 4. The topological polar surface area (TPSA) is 88.4 Å². The first kappa shape index (κ1) is 24.0. The summed E-state index contributed by atoms with van der Waals surface area (Å²) in [5, 5.41) is 4.72. The van der Waals surface area contributed by atoms with Crippen molar-refractivity contribution in [1.82, 2.24) is 19.7 Å². The molecule has 172 valence electrons. The molecule has 0 N–H and O–H groups in total. The Morgan fingerprint density at radius 1 is 1.25 bits per heavy atom. The Morgan fingerprint density at radius 3 is 2.72 bits per heavy atom. The van der Waals surface area contributed by atoms with Crippen LogP contribution in [0.4, 0.5) is 0 Å². The fourth-order valence-corrected chi connectivity index (χ4v) is 4.15. The number of ether oxygens (including phenoxy) is 1. The largest absolute Gasteiger partial charge is 0.477 e. The second-order valence-electron chi connectivity index (χ2n) is 7.81. The minimum Gasteiger partial charge on any atom is -0.477 e. The standard InChI is InChI=1S/C23H30N4O4S/c1-7-29-23-17(9-8-11-24-23)18-13-19(32-12-10-20(28)31-30-15(4)5)22-21(25-18)16(6)26-27(22)14(2)3/h8-9,11,13-15H,7,10,12H2,1-6H3. The van der Waals surface area contributed by atoms with Crippen molar-refractivity contribution < 1.29 is 19.3 Å². The van der Waals surface area contributed by atoms with Crippen LogP contribution in [-0.2, 0) is 14.6 Å². The van der Waals surface area contributed by atoms with E-state index in [1.54, 1.807) is 18.0 Å². The summed E-state index contributed by atoms with van der Waals surface area (Å²) < 4.78 is 7.70. The number of aromatic nitrogens is 4. The van der Waals surface area contributed by atoms with E-state index in [0.717, 1.165) is 32.9 Å². The average molecular weight is 459 g/mol. The molecule has 3 aromatic heterocycles. The summed E-state index contributed by atoms with van der Waals surface area (Å²) in [5.41, 5.74) is 4.22. The van der Waals surface area contributed by atoms with E-state index < -0.39 is 5.97 Å². The van der Waals surface area contributed by atoms with E-state index in [2.05, 4.69) is 18.8 Å². The van der Waals surface area contributed by atoms with Crippen LogP contribution in [0, 0.1) is 6.92 Å². The fourth-order valence-electron chi connectivity index (χ4n) is 3.14. The van der Waals surface area contributed by atoms with Gasteiger partial charge in [-0.05, 0) is 59.7 Å². The maximum Gasteiger partial charge on any atom is 0.343 e. The summed E-state index contributed by atoms with van der Waals surface area (Å²) in [6.07, 6.45) is 1.76. The third-order valence-electron chi connectivity index (χ3n) is 4.50. The molecule has 8 nitrogen and oxygen atoms in total. The maximum atomic E-state index is 12.0. The molecule has 0 bridgehead atoms. The van der Waals surface area contributed by atoms with Crippen molar-refractivity contribution in [3.8, 4) is 17.1 Å². The summed E-state index contributed by atoms with van der Waals surface area (Å²) in [4.78, 5) is 32.0. The molecule has 0 amide bonds. The fraction of sp³-hybridized carbons (Fsp3) is 0.478. The first-order valence-corrected chi connectivity index (χ1v) is 11.8. The van der Waals surface area contributed by atoms with Gasteiger partial charge in [-0.25, -0.2) is 14.8 Å². The van der Waals surface area contributed by atoms with Gasteiger partial charge in [0.2, 0.25) is 5.88 Å². The summed E-state index contributed by atoms with van der Waals surface area (Å²) in [7, 11) is 0. The summed E-state index contributed by atoms with van der Waals surface area (Å²) in [5.74, 6) is 0.685. The zero-order valence-corrected chi connectivity index (χ0v) is 20.2. The molecule has 9 heteroatoms. The van der Waals surface area contributed by atoms with Gasteiger partial charge in [-0.1, -0.05) is 0 Å². The number of pyridine rings is 2.